The summed E-state index contributed by atoms with van der Waals surface area (Å²) in [6.45, 7) is 2.88. The van der Waals surface area contributed by atoms with Gasteiger partial charge in [-0.25, -0.2) is 4.39 Å². The summed E-state index contributed by atoms with van der Waals surface area (Å²) in [5.41, 5.74) is -0.845. The number of benzene rings is 1. The molecule has 0 N–H and O–H groups in total. The third kappa shape index (κ3) is 3.44. The van der Waals surface area contributed by atoms with E-state index in [0.29, 0.717) is 11.3 Å². The highest BCUT2D eigenvalue weighted by Gasteiger charge is 2.16. The van der Waals surface area contributed by atoms with Crippen molar-refractivity contribution in [2.24, 2.45) is 0 Å². The van der Waals surface area contributed by atoms with Crippen LogP contribution in [0.25, 0.3) is 0 Å². The second-order valence-electron chi connectivity index (χ2n) is 3.65. The molecule has 0 aliphatic rings. The van der Waals surface area contributed by atoms with E-state index < -0.39 is 5.67 Å². The molecular formula is C11H12FNO. The maximum Gasteiger partial charge on any atom is 0.139 e. The van der Waals surface area contributed by atoms with Crippen LogP contribution < -0.4 is 4.74 Å². The molecule has 0 saturated heterocycles. The van der Waals surface area contributed by atoms with Gasteiger partial charge in [-0.3, -0.25) is 0 Å². The highest BCUT2D eigenvalue weighted by atomic mass is 19.1. The van der Waals surface area contributed by atoms with Gasteiger partial charge in [-0.15, -0.1) is 0 Å². The van der Waals surface area contributed by atoms with Crippen LogP contribution in [0.5, 0.6) is 5.75 Å². The Bertz CT molecular complexity index is 349. The molecule has 1 aromatic carbocycles. The van der Waals surface area contributed by atoms with Crippen LogP contribution in [-0.4, -0.2) is 12.3 Å². The molecule has 0 fully saturated rings. The Balaban J connectivity index is 2.65. The van der Waals surface area contributed by atoms with E-state index in [2.05, 4.69) is 0 Å². The average Bonchev–Trinajstić information content (AvgIpc) is 2.14. The maximum atomic E-state index is 13.1. The van der Waals surface area contributed by atoms with Crippen molar-refractivity contribution in [3.8, 4) is 11.8 Å². The summed E-state index contributed by atoms with van der Waals surface area (Å²) in [4.78, 5) is 0. The molecule has 0 spiro atoms. The van der Waals surface area contributed by atoms with Gasteiger partial charge in [-0.1, -0.05) is 6.07 Å². The van der Waals surface area contributed by atoms with E-state index in [-0.39, 0.29) is 6.61 Å². The molecule has 0 atom stereocenters. The number of hydrogen-bond donors (Lipinski definition) is 0. The van der Waals surface area contributed by atoms with Crippen LogP contribution in [0.2, 0.25) is 0 Å². The summed E-state index contributed by atoms with van der Waals surface area (Å²) in [6.07, 6.45) is 0. The lowest BCUT2D eigenvalue weighted by atomic mass is 10.2. The SMILES string of the molecule is CC(C)(F)COc1cccc(C#N)c1. The smallest absolute Gasteiger partial charge is 0.139 e. The van der Waals surface area contributed by atoms with Gasteiger partial charge in [0.1, 0.15) is 18.0 Å². The Morgan fingerprint density at radius 3 is 2.79 bits per heavy atom. The van der Waals surface area contributed by atoms with Crippen LogP contribution in [0, 0.1) is 11.3 Å². The summed E-state index contributed by atoms with van der Waals surface area (Å²) in [5.74, 6) is 0.523. The van der Waals surface area contributed by atoms with Crippen molar-refractivity contribution >= 4 is 0 Å². The first-order valence-corrected chi connectivity index (χ1v) is 4.33. The summed E-state index contributed by atoms with van der Waals surface area (Å²) < 4.78 is 18.3. The molecule has 0 radical (unpaired) electrons. The molecule has 3 heteroatoms. The molecule has 74 valence electrons. The first-order valence-electron chi connectivity index (χ1n) is 4.33. The summed E-state index contributed by atoms with van der Waals surface area (Å²) in [6, 6.07) is 8.66. The van der Waals surface area contributed by atoms with Gasteiger partial charge < -0.3 is 4.74 Å². The van der Waals surface area contributed by atoms with Crippen molar-refractivity contribution in [2.45, 2.75) is 19.5 Å². The minimum Gasteiger partial charge on any atom is -0.490 e. The molecule has 14 heavy (non-hydrogen) atoms. The largest absolute Gasteiger partial charge is 0.490 e. The Morgan fingerprint density at radius 1 is 1.50 bits per heavy atom. The fourth-order valence-corrected chi connectivity index (χ4v) is 0.910. The lowest BCUT2D eigenvalue weighted by Crippen LogP contribution is -2.22. The monoisotopic (exact) mass is 193 g/mol. The van der Waals surface area contributed by atoms with Crippen molar-refractivity contribution in [3.05, 3.63) is 29.8 Å². The quantitative estimate of drug-likeness (QED) is 0.739. The Kier molecular flexibility index (Phi) is 3.08. The van der Waals surface area contributed by atoms with Crippen LogP contribution in [0.4, 0.5) is 4.39 Å². The minimum atomic E-state index is -1.36. The number of nitrogens with zero attached hydrogens (tertiary/aromatic N) is 1. The van der Waals surface area contributed by atoms with Crippen LogP contribution >= 0.6 is 0 Å². The number of nitriles is 1. The molecule has 0 aliphatic carbocycles. The number of rotatable bonds is 3. The Labute approximate surface area is 82.9 Å². The van der Waals surface area contributed by atoms with E-state index in [1.54, 1.807) is 24.3 Å². The van der Waals surface area contributed by atoms with Gasteiger partial charge in [-0.05, 0) is 32.0 Å². The number of ether oxygens (including phenoxy) is 1. The highest BCUT2D eigenvalue weighted by Crippen LogP contribution is 2.16. The normalized spacial score (nSPS) is 10.7. The van der Waals surface area contributed by atoms with Gasteiger partial charge >= 0.3 is 0 Å². The van der Waals surface area contributed by atoms with Gasteiger partial charge in [0.05, 0.1) is 11.6 Å². The molecule has 1 aromatic rings. The summed E-state index contributed by atoms with van der Waals surface area (Å²) in [7, 11) is 0. The van der Waals surface area contributed by atoms with Gasteiger partial charge in [0, 0.05) is 0 Å². The molecule has 2 nitrogen and oxygen atoms in total. The second-order valence-corrected chi connectivity index (χ2v) is 3.65. The first kappa shape index (κ1) is 10.5. The molecular weight excluding hydrogens is 181 g/mol. The highest BCUT2D eigenvalue weighted by molar-refractivity contribution is 5.36. The van der Waals surface area contributed by atoms with E-state index in [0.717, 1.165) is 0 Å². The van der Waals surface area contributed by atoms with E-state index in [4.69, 9.17) is 10.00 Å². The van der Waals surface area contributed by atoms with Gasteiger partial charge in [0.2, 0.25) is 0 Å². The van der Waals surface area contributed by atoms with Crippen molar-refractivity contribution < 1.29 is 9.13 Å². The molecule has 0 unspecified atom stereocenters. The van der Waals surface area contributed by atoms with Gasteiger partial charge in [0.25, 0.3) is 0 Å². The van der Waals surface area contributed by atoms with Crippen molar-refractivity contribution in [2.75, 3.05) is 6.61 Å². The molecule has 0 aromatic heterocycles. The van der Waals surface area contributed by atoms with Crippen LogP contribution in [0.15, 0.2) is 24.3 Å². The Hall–Kier alpha value is -1.56. The summed E-state index contributed by atoms with van der Waals surface area (Å²) in [5, 5.41) is 8.61. The number of alkyl halides is 1. The van der Waals surface area contributed by atoms with Crippen LogP contribution in [-0.2, 0) is 0 Å². The van der Waals surface area contributed by atoms with Crippen molar-refractivity contribution in [3.63, 3.8) is 0 Å². The maximum absolute atomic E-state index is 13.1. The van der Waals surface area contributed by atoms with Crippen molar-refractivity contribution in [1.29, 1.82) is 5.26 Å². The predicted molar refractivity (Wildman–Crippen MR) is 51.8 cm³/mol. The molecule has 0 heterocycles. The third-order valence-electron chi connectivity index (χ3n) is 1.55. The topological polar surface area (TPSA) is 33.0 Å². The van der Waals surface area contributed by atoms with Crippen LogP contribution in [0.3, 0.4) is 0 Å². The number of halogens is 1. The molecule has 0 bridgehead atoms. The van der Waals surface area contributed by atoms with Crippen molar-refractivity contribution in [1.82, 2.24) is 0 Å². The fraction of sp³-hybridized carbons (Fsp3) is 0.364. The van der Waals surface area contributed by atoms with E-state index >= 15 is 0 Å². The standard InChI is InChI=1S/C11H12FNO/c1-11(2,12)8-14-10-5-3-4-9(6-10)7-13/h3-6H,8H2,1-2H3. The molecule has 1 rings (SSSR count). The lowest BCUT2D eigenvalue weighted by Gasteiger charge is -2.15. The fourth-order valence-electron chi connectivity index (χ4n) is 0.910. The zero-order chi connectivity index (χ0) is 10.6. The molecule has 0 amide bonds. The minimum absolute atomic E-state index is 0.0120. The van der Waals surface area contributed by atoms with Gasteiger partial charge in [0.15, 0.2) is 0 Å². The van der Waals surface area contributed by atoms with E-state index in [1.807, 2.05) is 6.07 Å². The van der Waals surface area contributed by atoms with Crippen LogP contribution in [0.1, 0.15) is 19.4 Å². The average molecular weight is 193 g/mol. The second kappa shape index (κ2) is 4.10. The molecule has 0 saturated carbocycles. The predicted octanol–water partition coefficient (Wildman–Crippen LogP) is 2.69. The number of hydrogen-bond acceptors (Lipinski definition) is 2. The van der Waals surface area contributed by atoms with E-state index in [1.165, 1.54) is 13.8 Å². The lowest BCUT2D eigenvalue weighted by molar-refractivity contribution is 0.121. The first-order chi connectivity index (χ1) is 6.51. The Morgan fingerprint density at radius 2 is 2.21 bits per heavy atom. The zero-order valence-corrected chi connectivity index (χ0v) is 8.25. The molecule has 0 aliphatic heterocycles. The third-order valence-corrected chi connectivity index (χ3v) is 1.55. The summed E-state index contributed by atoms with van der Waals surface area (Å²) >= 11 is 0. The van der Waals surface area contributed by atoms with Gasteiger partial charge in [-0.2, -0.15) is 5.26 Å². The van der Waals surface area contributed by atoms with E-state index in [9.17, 15) is 4.39 Å². The zero-order valence-electron chi connectivity index (χ0n) is 8.25.